The van der Waals surface area contributed by atoms with Crippen molar-refractivity contribution in [2.45, 2.75) is 19.3 Å². The lowest BCUT2D eigenvalue weighted by molar-refractivity contribution is -0.116. The van der Waals surface area contributed by atoms with Crippen molar-refractivity contribution in [1.82, 2.24) is 0 Å². The van der Waals surface area contributed by atoms with Crippen molar-refractivity contribution in [3.8, 4) is 0 Å². The molecular formula is C13H18FN3O. The van der Waals surface area contributed by atoms with Crippen molar-refractivity contribution in [2.24, 2.45) is 5.73 Å². The van der Waals surface area contributed by atoms with Crippen LogP contribution >= 0.6 is 0 Å². The number of amides is 1. The molecule has 1 aromatic rings. The molecule has 18 heavy (non-hydrogen) atoms. The average Bonchev–Trinajstić information content (AvgIpc) is 2.85. The van der Waals surface area contributed by atoms with Crippen LogP contribution in [0, 0.1) is 5.82 Å². The Morgan fingerprint density at radius 2 is 2.11 bits per heavy atom. The number of nitrogens with zero attached hydrogens (tertiary/aromatic N) is 1. The minimum Gasteiger partial charge on any atom is -0.370 e. The first-order valence-electron chi connectivity index (χ1n) is 6.25. The van der Waals surface area contributed by atoms with E-state index in [2.05, 4.69) is 10.2 Å². The lowest BCUT2D eigenvalue weighted by Crippen LogP contribution is -2.22. The molecule has 0 atom stereocenters. The molecule has 1 amide bonds. The molecule has 1 aliphatic heterocycles. The molecule has 1 aliphatic rings. The minimum atomic E-state index is -0.398. The number of carbonyl (C=O) groups is 1. The summed E-state index contributed by atoms with van der Waals surface area (Å²) in [5.74, 6) is -0.646. The van der Waals surface area contributed by atoms with Gasteiger partial charge in [0.05, 0.1) is 5.69 Å². The summed E-state index contributed by atoms with van der Waals surface area (Å²) in [6.45, 7) is 2.08. The molecule has 5 heteroatoms. The van der Waals surface area contributed by atoms with Gasteiger partial charge in [-0.2, -0.15) is 0 Å². The highest BCUT2D eigenvalue weighted by atomic mass is 19.1. The molecule has 1 heterocycles. The molecule has 0 radical (unpaired) electrons. The van der Waals surface area contributed by atoms with E-state index < -0.39 is 5.82 Å². The third-order valence-electron chi connectivity index (χ3n) is 3.07. The summed E-state index contributed by atoms with van der Waals surface area (Å²) >= 11 is 0. The second kappa shape index (κ2) is 5.82. The number of benzene rings is 1. The molecule has 98 valence electrons. The fourth-order valence-corrected chi connectivity index (χ4v) is 2.19. The van der Waals surface area contributed by atoms with Crippen LogP contribution in [-0.2, 0) is 4.79 Å². The van der Waals surface area contributed by atoms with Crippen molar-refractivity contribution < 1.29 is 9.18 Å². The number of rotatable bonds is 4. The van der Waals surface area contributed by atoms with E-state index in [0.29, 0.717) is 0 Å². The van der Waals surface area contributed by atoms with Crippen LogP contribution in [0.25, 0.3) is 0 Å². The van der Waals surface area contributed by atoms with E-state index in [1.807, 2.05) is 6.07 Å². The number of nitrogens with two attached hydrogens (primary N) is 1. The average molecular weight is 251 g/mol. The van der Waals surface area contributed by atoms with E-state index in [1.54, 1.807) is 6.07 Å². The van der Waals surface area contributed by atoms with Crippen LogP contribution in [-0.4, -0.2) is 25.5 Å². The van der Waals surface area contributed by atoms with Crippen LogP contribution in [0.1, 0.15) is 19.3 Å². The van der Waals surface area contributed by atoms with E-state index in [9.17, 15) is 9.18 Å². The first kappa shape index (κ1) is 12.8. The molecule has 1 fully saturated rings. The van der Waals surface area contributed by atoms with Gasteiger partial charge in [-0.05, 0) is 25.0 Å². The third kappa shape index (κ3) is 2.79. The zero-order valence-electron chi connectivity index (χ0n) is 10.3. The van der Waals surface area contributed by atoms with Gasteiger partial charge in [-0.3, -0.25) is 4.79 Å². The smallest absolute Gasteiger partial charge is 0.225 e. The molecule has 0 aliphatic carbocycles. The quantitative estimate of drug-likeness (QED) is 0.856. The first-order valence-corrected chi connectivity index (χ1v) is 6.25. The standard InChI is InChI=1S/C13H18FN3O/c14-10-4-3-5-11(17-8-1-2-9-17)13(10)16-12(18)6-7-15/h3-5H,1-2,6-9,15H2,(H,16,18). The molecule has 2 rings (SSSR count). The molecule has 0 unspecified atom stereocenters. The van der Waals surface area contributed by atoms with Crippen molar-refractivity contribution in [3.63, 3.8) is 0 Å². The van der Waals surface area contributed by atoms with Gasteiger partial charge in [0, 0.05) is 26.1 Å². The van der Waals surface area contributed by atoms with Gasteiger partial charge < -0.3 is 16.0 Å². The molecular weight excluding hydrogens is 233 g/mol. The summed E-state index contributed by atoms with van der Waals surface area (Å²) < 4.78 is 13.8. The SMILES string of the molecule is NCCC(=O)Nc1c(F)cccc1N1CCCC1. The monoisotopic (exact) mass is 251 g/mol. The Morgan fingerprint density at radius 3 is 2.78 bits per heavy atom. The summed E-state index contributed by atoms with van der Waals surface area (Å²) in [5, 5.41) is 2.62. The van der Waals surface area contributed by atoms with Crippen molar-refractivity contribution >= 4 is 17.3 Å². The third-order valence-corrected chi connectivity index (χ3v) is 3.07. The molecule has 1 saturated heterocycles. The normalized spacial score (nSPS) is 14.9. The Labute approximate surface area is 106 Å². The lowest BCUT2D eigenvalue weighted by atomic mass is 10.2. The van der Waals surface area contributed by atoms with E-state index >= 15 is 0 Å². The van der Waals surface area contributed by atoms with Crippen LogP contribution < -0.4 is 16.0 Å². The zero-order chi connectivity index (χ0) is 13.0. The van der Waals surface area contributed by atoms with Gasteiger partial charge in [0.15, 0.2) is 0 Å². The number of hydrogen-bond donors (Lipinski definition) is 2. The lowest BCUT2D eigenvalue weighted by Gasteiger charge is -2.21. The van der Waals surface area contributed by atoms with Crippen LogP contribution in [0.3, 0.4) is 0 Å². The number of nitrogens with one attached hydrogen (secondary N) is 1. The van der Waals surface area contributed by atoms with Gasteiger partial charge in [0.2, 0.25) is 5.91 Å². The van der Waals surface area contributed by atoms with Gasteiger partial charge in [-0.15, -0.1) is 0 Å². The van der Waals surface area contributed by atoms with E-state index in [1.165, 1.54) is 6.07 Å². The molecule has 4 nitrogen and oxygen atoms in total. The summed E-state index contributed by atoms with van der Waals surface area (Å²) in [4.78, 5) is 13.7. The summed E-state index contributed by atoms with van der Waals surface area (Å²) in [5.41, 5.74) is 6.35. The Morgan fingerprint density at radius 1 is 1.39 bits per heavy atom. The first-order chi connectivity index (χ1) is 8.72. The predicted molar refractivity (Wildman–Crippen MR) is 70.1 cm³/mol. The largest absolute Gasteiger partial charge is 0.370 e. The van der Waals surface area contributed by atoms with Crippen molar-refractivity contribution in [1.29, 1.82) is 0 Å². The second-order valence-corrected chi connectivity index (χ2v) is 4.41. The minimum absolute atomic E-state index is 0.202. The Balaban J connectivity index is 2.23. The number of anilines is 2. The highest BCUT2D eigenvalue weighted by molar-refractivity contribution is 5.94. The highest BCUT2D eigenvalue weighted by Crippen LogP contribution is 2.31. The molecule has 0 bridgehead atoms. The Bertz CT molecular complexity index is 430. The van der Waals surface area contributed by atoms with E-state index in [4.69, 9.17) is 5.73 Å². The zero-order valence-corrected chi connectivity index (χ0v) is 10.3. The Kier molecular flexibility index (Phi) is 4.15. The summed E-state index contributed by atoms with van der Waals surface area (Å²) in [6.07, 6.45) is 2.41. The topological polar surface area (TPSA) is 58.4 Å². The molecule has 0 spiro atoms. The number of para-hydroxylation sites is 1. The molecule has 1 aromatic carbocycles. The highest BCUT2D eigenvalue weighted by Gasteiger charge is 2.19. The van der Waals surface area contributed by atoms with Crippen molar-refractivity contribution in [2.75, 3.05) is 29.9 Å². The van der Waals surface area contributed by atoms with Crippen LogP contribution in [0.2, 0.25) is 0 Å². The summed E-state index contributed by atoms with van der Waals surface area (Å²) in [6, 6.07) is 4.87. The van der Waals surface area contributed by atoms with Gasteiger partial charge in [0.25, 0.3) is 0 Å². The fourth-order valence-electron chi connectivity index (χ4n) is 2.19. The summed E-state index contributed by atoms with van der Waals surface area (Å²) in [7, 11) is 0. The molecule has 3 N–H and O–H groups in total. The predicted octanol–water partition coefficient (Wildman–Crippen LogP) is 1.71. The van der Waals surface area contributed by atoms with Gasteiger partial charge >= 0.3 is 0 Å². The maximum Gasteiger partial charge on any atom is 0.225 e. The number of carbonyl (C=O) groups excluding carboxylic acids is 1. The maximum atomic E-state index is 13.8. The van der Waals surface area contributed by atoms with Crippen LogP contribution in [0.15, 0.2) is 18.2 Å². The van der Waals surface area contributed by atoms with Gasteiger partial charge in [-0.1, -0.05) is 6.07 Å². The van der Waals surface area contributed by atoms with Crippen LogP contribution in [0.4, 0.5) is 15.8 Å². The van der Waals surface area contributed by atoms with Gasteiger partial charge in [-0.25, -0.2) is 4.39 Å². The van der Waals surface area contributed by atoms with Crippen LogP contribution in [0.5, 0.6) is 0 Å². The molecule has 0 aromatic heterocycles. The number of hydrogen-bond acceptors (Lipinski definition) is 3. The fraction of sp³-hybridized carbons (Fsp3) is 0.462. The molecule has 0 saturated carbocycles. The van der Waals surface area contributed by atoms with Crippen molar-refractivity contribution in [3.05, 3.63) is 24.0 Å². The number of halogens is 1. The Hall–Kier alpha value is -1.62. The maximum absolute atomic E-state index is 13.8. The second-order valence-electron chi connectivity index (χ2n) is 4.41. The van der Waals surface area contributed by atoms with E-state index in [-0.39, 0.29) is 24.6 Å². The van der Waals surface area contributed by atoms with E-state index in [0.717, 1.165) is 31.6 Å². The van der Waals surface area contributed by atoms with Gasteiger partial charge in [0.1, 0.15) is 11.5 Å².